The molecule has 2 aromatic rings. The number of ether oxygens (including phenoxy) is 3. The zero-order valence-electron chi connectivity index (χ0n) is 17.1. The normalized spacial score (nSPS) is 21.8. The maximum absolute atomic E-state index is 13.2. The molecule has 0 saturated carbocycles. The minimum Gasteiger partial charge on any atom is -0.497 e. The van der Waals surface area contributed by atoms with Gasteiger partial charge in [-0.25, -0.2) is 9.18 Å². The molecule has 1 heterocycles. The third-order valence-corrected chi connectivity index (χ3v) is 5.50. The summed E-state index contributed by atoms with van der Waals surface area (Å²) < 4.78 is 30.2. The molecule has 1 fully saturated rings. The molecule has 0 amide bonds. The molecule has 0 radical (unpaired) electrons. The highest BCUT2D eigenvalue weighted by atomic mass is 19.1. The minimum absolute atomic E-state index is 0.00190. The molecule has 3 atom stereocenters. The number of allylic oxidation sites excluding steroid dienone is 1. The summed E-state index contributed by atoms with van der Waals surface area (Å²) in [5, 5.41) is 0. The smallest absolute Gasteiger partial charge is 0.333 e. The molecule has 0 aromatic heterocycles. The van der Waals surface area contributed by atoms with Crippen molar-refractivity contribution in [2.24, 2.45) is 11.8 Å². The van der Waals surface area contributed by atoms with Crippen LogP contribution in [-0.2, 0) is 20.7 Å². The minimum atomic E-state index is -0.312. The Hall–Kier alpha value is -2.66. The SMILES string of the molecule is C/C=C(/C)C(=O)OC[C@H]1[C@@H](Cc2ccc(F)cc2)CO[C@@H]1c1ccc(OC)cc1. The lowest BCUT2D eigenvalue weighted by atomic mass is 9.84. The number of hydrogen-bond acceptors (Lipinski definition) is 4. The third-order valence-electron chi connectivity index (χ3n) is 5.50. The average Bonchev–Trinajstić information content (AvgIpc) is 3.15. The number of benzene rings is 2. The Kier molecular flexibility index (Phi) is 7.04. The van der Waals surface area contributed by atoms with Gasteiger partial charge in [0.05, 0.1) is 26.4 Å². The summed E-state index contributed by atoms with van der Waals surface area (Å²) in [7, 11) is 1.63. The molecule has 0 bridgehead atoms. The van der Waals surface area contributed by atoms with Gasteiger partial charge in [-0.05, 0) is 61.6 Å². The third kappa shape index (κ3) is 5.24. The standard InChI is InChI=1S/C24H27FO4/c1-4-16(2)24(26)29-15-22-19(13-17-5-9-20(25)10-6-17)14-28-23(22)18-7-11-21(27-3)12-8-18/h4-12,19,22-23H,13-15H2,1-3H3/b16-4-/t19-,22-,23+/m0/s1. The van der Waals surface area contributed by atoms with Crippen LogP contribution in [0.5, 0.6) is 5.75 Å². The Balaban J connectivity index is 1.78. The zero-order valence-corrected chi connectivity index (χ0v) is 17.1. The lowest BCUT2D eigenvalue weighted by molar-refractivity contribution is -0.141. The number of esters is 1. The monoisotopic (exact) mass is 398 g/mol. The summed E-state index contributed by atoms with van der Waals surface area (Å²) in [6, 6.07) is 14.3. The van der Waals surface area contributed by atoms with Crippen LogP contribution in [-0.4, -0.2) is 26.3 Å². The number of hydrogen-bond donors (Lipinski definition) is 0. The Morgan fingerprint density at radius 3 is 2.48 bits per heavy atom. The van der Waals surface area contributed by atoms with Gasteiger partial charge in [0.15, 0.2) is 0 Å². The van der Waals surface area contributed by atoms with Crippen molar-refractivity contribution in [3.8, 4) is 5.75 Å². The van der Waals surface area contributed by atoms with Gasteiger partial charge in [0.2, 0.25) is 0 Å². The van der Waals surface area contributed by atoms with Gasteiger partial charge in [-0.2, -0.15) is 0 Å². The van der Waals surface area contributed by atoms with Crippen LogP contribution in [0.3, 0.4) is 0 Å². The van der Waals surface area contributed by atoms with E-state index in [-0.39, 0.29) is 36.3 Å². The van der Waals surface area contributed by atoms with Crippen molar-refractivity contribution >= 4 is 5.97 Å². The van der Waals surface area contributed by atoms with Gasteiger partial charge in [0.25, 0.3) is 0 Å². The fraction of sp³-hybridized carbons (Fsp3) is 0.375. The molecule has 154 valence electrons. The second-order valence-corrected chi connectivity index (χ2v) is 7.35. The highest BCUT2D eigenvalue weighted by molar-refractivity contribution is 5.87. The summed E-state index contributed by atoms with van der Waals surface area (Å²) in [4.78, 5) is 12.2. The highest BCUT2D eigenvalue weighted by Crippen LogP contribution is 2.40. The predicted molar refractivity (Wildman–Crippen MR) is 109 cm³/mol. The molecule has 1 saturated heterocycles. The molecule has 1 aliphatic heterocycles. The Morgan fingerprint density at radius 1 is 1.17 bits per heavy atom. The quantitative estimate of drug-likeness (QED) is 0.492. The topological polar surface area (TPSA) is 44.8 Å². The van der Waals surface area contributed by atoms with Gasteiger partial charge in [-0.15, -0.1) is 0 Å². The average molecular weight is 398 g/mol. The van der Waals surface area contributed by atoms with Crippen molar-refractivity contribution in [3.05, 3.63) is 77.1 Å². The van der Waals surface area contributed by atoms with E-state index < -0.39 is 0 Å². The second-order valence-electron chi connectivity index (χ2n) is 7.35. The molecule has 0 N–H and O–H groups in total. The lowest BCUT2D eigenvalue weighted by Gasteiger charge is -2.23. The van der Waals surface area contributed by atoms with Crippen LogP contribution in [0.2, 0.25) is 0 Å². The van der Waals surface area contributed by atoms with E-state index in [4.69, 9.17) is 14.2 Å². The van der Waals surface area contributed by atoms with E-state index in [9.17, 15) is 9.18 Å². The molecule has 1 aliphatic rings. The lowest BCUT2D eigenvalue weighted by Crippen LogP contribution is -2.24. The van der Waals surface area contributed by atoms with E-state index in [0.29, 0.717) is 12.2 Å². The van der Waals surface area contributed by atoms with Gasteiger partial charge in [0.1, 0.15) is 11.6 Å². The van der Waals surface area contributed by atoms with Gasteiger partial charge < -0.3 is 14.2 Å². The van der Waals surface area contributed by atoms with Crippen LogP contribution in [0, 0.1) is 17.7 Å². The van der Waals surface area contributed by atoms with E-state index in [2.05, 4.69) is 0 Å². The molecular formula is C24H27FO4. The summed E-state index contributed by atoms with van der Waals surface area (Å²) in [6.45, 7) is 4.38. The first-order valence-electron chi connectivity index (χ1n) is 9.82. The number of methoxy groups -OCH3 is 1. The van der Waals surface area contributed by atoms with Gasteiger partial charge in [-0.3, -0.25) is 0 Å². The Bertz CT molecular complexity index is 842. The van der Waals surface area contributed by atoms with Crippen LogP contribution in [0.1, 0.15) is 31.1 Å². The van der Waals surface area contributed by atoms with Crippen LogP contribution in [0.15, 0.2) is 60.2 Å². The number of carbonyl (C=O) groups is 1. The maximum atomic E-state index is 13.2. The summed E-state index contributed by atoms with van der Waals surface area (Å²) in [6.07, 6.45) is 2.30. The summed E-state index contributed by atoms with van der Waals surface area (Å²) in [5.41, 5.74) is 2.65. The van der Waals surface area contributed by atoms with Crippen molar-refractivity contribution in [2.45, 2.75) is 26.4 Å². The second kappa shape index (κ2) is 9.70. The fourth-order valence-corrected chi connectivity index (χ4v) is 3.62. The number of carbonyl (C=O) groups excluding carboxylic acids is 1. The molecule has 0 unspecified atom stereocenters. The summed E-state index contributed by atoms with van der Waals surface area (Å²) in [5.74, 6) is 0.378. The highest BCUT2D eigenvalue weighted by Gasteiger charge is 2.39. The first-order valence-corrected chi connectivity index (χ1v) is 9.82. The van der Waals surface area contributed by atoms with Crippen molar-refractivity contribution < 1.29 is 23.4 Å². The molecule has 0 aliphatic carbocycles. The maximum Gasteiger partial charge on any atom is 0.333 e. The van der Waals surface area contributed by atoms with E-state index in [0.717, 1.165) is 23.3 Å². The molecule has 29 heavy (non-hydrogen) atoms. The zero-order chi connectivity index (χ0) is 20.8. The largest absolute Gasteiger partial charge is 0.497 e. The van der Waals surface area contributed by atoms with E-state index in [1.807, 2.05) is 31.2 Å². The van der Waals surface area contributed by atoms with Crippen LogP contribution < -0.4 is 4.74 Å². The predicted octanol–water partition coefficient (Wildman–Crippen LogP) is 4.89. The van der Waals surface area contributed by atoms with E-state index in [1.165, 1.54) is 12.1 Å². The van der Waals surface area contributed by atoms with Crippen molar-refractivity contribution in [2.75, 3.05) is 20.3 Å². The number of halogens is 1. The van der Waals surface area contributed by atoms with Crippen LogP contribution in [0.4, 0.5) is 4.39 Å². The van der Waals surface area contributed by atoms with Gasteiger partial charge in [-0.1, -0.05) is 30.3 Å². The van der Waals surface area contributed by atoms with Crippen molar-refractivity contribution in [1.29, 1.82) is 0 Å². The van der Waals surface area contributed by atoms with Crippen molar-refractivity contribution in [3.63, 3.8) is 0 Å². The van der Waals surface area contributed by atoms with Gasteiger partial charge in [0, 0.05) is 11.5 Å². The Morgan fingerprint density at radius 2 is 1.86 bits per heavy atom. The molecule has 4 nitrogen and oxygen atoms in total. The molecule has 2 aromatic carbocycles. The number of rotatable bonds is 7. The van der Waals surface area contributed by atoms with E-state index in [1.54, 1.807) is 32.2 Å². The van der Waals surface area contributed by atoms with Crippen molar-refractivity contribution in [1.82, 2.24) is 0 Å². The molecule has 3 rings (SSSR count). The summed E-state index contributed by atoms with van der Waals surface area (Å²) >= 11 is 0. The fourth-order valence-electron chi connectivity index (χ4n) is 3.62. The van der Waals surface area contributed by atoms with E-state index >= 15 is 0 Å². The van der Waals surface area contributed by atoms with Gasteiger partial charge >= 0.3 is 5.97 Å². The van der Waals surface area contributed by atoms with Crippen LogP contribution in [0.25, 0.3) is 0 Å². The first-order chi connectivity index (χ1) is 14.0. The first kappa shape index (κ1) is 21.1. The molecular weight excluding hydrogens is 371 g/mol. The molecule has 0 spiro atoms. The Labute approximate surface area is 171 Å². The van der Waals surface area contributed by atoms with Crippen LogP contribution >= 0.6 is 0 Å². The molecule has 5 heteroatoms.